The van der Waals surface area contributed by atoms with E-state index in [-0.39, 0.29) is 11.5 Å². The minimum Gasteiger partial charge on any atom is -0.504 e. The minimum absolute atomic E-state index is 0.189. The SMILES string of the molecule is O=c1oc2ccccc2cc1-c1csc(-c2ccc(O)c(O)c2)n1. The minimum atomic E-state index is -0.445. The molecule has 0 saturated carbocycles. The number of hydrogen-bond acceptors (Lipinski definition) is 6. The maximum Gasteiger partial charge on any atom is 0.345 e. The number of phenols is 2. The third-order valence-electron chi connectivity index (χ3n) is 3.64. The summed E-state index contributed by atoms with van der Waals surface area (Å²) in [5.74, 6) is -0.403. The third kappa shape index (κ3) is 2.43. The Bertz CT molecular complexity index is 1110. The fourth-order valence-electron chi connectivity index (χ4n) is 2.43. The number of nitrogens with zero attached hydrogens (tertiary/aromatic N) is 1. The number of rotatable bonds is 2. The first-order chi connectivity index (χ1) is 11.6. The third-order valence-corrected chi connectivity index (χ3v) is 4.54. The summed E-state index contributed by atoms with van der Waals surface area (Å²) < 4.78 is 5.33. The van der Waals surface area contributed by atoms with Crippen LogP contribution in [0, 0.1) is 0 Å². The highest BCUT2D eigenvalue weighted by atomic mass is 32.1. The second-order valence-electron chi connectivity index (χ2n) is 5.23. The van der Waals surface area contributed by atoms with E-state index in [1.165, 1.54) is 23.5 Å². The summed E-state index contributed by atoms with van der Waals surface area (Å²) >= 11 is 1.34. The molecule has 118 valence electrons. The van der Waals surface area contributed by atoms with Crippen LogP contribution < -0.4 is 5.63 Å². The van der Waals surface area contributed by atoms with E-state index in [4.69, 9.17) is 4.42 Å². The maximum atomic E-state index is 12.2. The van der Waals surface area contributed by atoms with Gasteiger partial charge in [-0.25, -0.2) is 9.78 Å². The fraction of sp³-hybridized carbons (Fsp3) is 0. The highest BCUT2D eigenvalue weighted by Gasteiger charge is 2.13. The summed E-state index contributed by atoms with van der Waals surface area (Å²) in [5, 5.41) is 22.2. The molecular weight excluding hydrogens is 326 g/mol. The molecule has 4 aromatic rings. The van der Waals surface area contributed by atoms with Gasteiger partial charge in [0.25, 0.3) is 0 Å². The quantitative estimate of drug-likeness (QED) is 0.427. The van der Waals surface area contributed by atoms with Gasteiger partial charge < -0.3 is 14.6 Å². The van der Waals surface area contributed by atoms with Crippen LogP contribution in [0.1, 0.15) is 0 Å². The van der Waals surface area contributed by atoms with E-state index in [1.54, 1.807) is 23.6 Å². The highest BCUT2D eigenvalue weighted by molar-refractivity contribution is 7.13. The van der Waals surface area contributed by atoms with Gasteiger partial charge in [-0.1, -0.05) is 18.2 Å². The molecule has 0 spiro atoms. The molecule has 0 radical (unpaired) electrons. The molecule has 0 amide bonds. The summed E-state index contributed by atoms with van der Waals surface area (Å²) in [6, 6.07) is 13.5. The molecule has 0 aliphatic carbocycles. The van der Waals surface area contributed by atoms with Crippen molar-refractivity contribution in [3.8, 4) is 33.3 Å². The lowest BCUT2D eigenvalue weighted by Crippen LogP contribution is -2.02. The smallest absolute Gasteiger partial charge is 0.345 e. The zero-order valence-electron chi connectivity index (χ0n) is 12.3. The van der Waals surface area contributed by atoms with E-state index >= 15 is 0 Å². The zero-order chi connectivity index (χ0) is 16.7. The molecule has 0 fully saturated rings. The molecule has 0 saturated heterocycles. The van der Waals surface area contributed by atoms with Crippen molar-refractivity contribution in [1.82, 2.24) is 4.98 Å². The van der Waals surface area contributed by atoms with Gasteiger partial charge in [0, 0.05) is 16.3 Å². The number of aromatic hydroxyl groups is 2. The molecule has 0 aliphatic rings. The lowest BCUT2D eigenvalue weighted by atomic mass is 10.1. The van der Waals surface area contributed by atoms with E-state index in [1.807, 2.05) is 18.2 Å². The van der Waals surface area contributed by atoms with Crippen LogP contribution in [0.3, 0.4) is 0 Å². The van der Waals surface area contributed by atoms with Gasteiger partial charge in [-0.3, -0.25) is 0 Å². The lowest BCUT2D eigenvalue weighted by Gasteiger charge is -2.00. The van der Waals surface area contributed by atoms with Crippen molar-refractivity contribution >= 4 is 22.3 Å². The molecule has 0 aliphatic heterocycles. The summed E-state index contributed by atoms with van der Waals surface area (Å²) in [4.78, 5) is 16.7. The van der Waals surface area contributed by atoms with Crippen LogP contribution in [0.25, 0.3) is 32.8 Å². The van der Waals surface area contributed by atoms with Crippen LogP contribution in [0.5, 0.6) is 11.5 Å². The van der Waals surface area contributed by atoms with Crippen LogP contribution in [-0.2, 0) is 0 Å². The Balaban J connectivity index is 1.81. The van der Waals surface area contributed by atoms with Crippen molar-refractivity contribution in [3.05, 3.63) is 64.3 Å². The lowest BCUT2D eigenvalue weighted by molar-refractivity contribution is 0.404. The van der Waals surface area contributed by atoms with Gasteiger partial charge in [0.15, 0.2) is 11.5 Å². The van der Waals surface area contributed by atoms with E-state index in [2.05, 4.69) is 4.98 Å². The predicted molar refractivity (Wildman–Crippen MR) is 92.4 cm³/mol. The number of para-hydroxylation sites is 1. The van der Waals surface area contributed by atoms with E-state index in [9.17, 15) is 15.0 Å². The first kappa shape index (κ1) is 14.5. The zero-order valence-corrected chi connectivity index (χ0v) is 13.1. The topological polar surface area (TPSA) is 83.6 Å². The molecule has 6 heteroatoms. The molecule has 24 heavy (non-hydrogen) atoms. The van der Waals surface area contributed by atoms with Gasteiger partial charge in [-0.2, -0.15) is 0 Å². The molecule has 2 aromatic heterocycles. The average Bonchev–Trinajstić information content (AvgIpc) is 3.06. The van der Waals surface area contributed by atoms with Crippen LogP contribution in [-0.4, -0.2) is 15.2 Å². The Morgan fingerprint density at radius 1 is 1.00 bits per heavy atom. The molecule has 0 atom stereocenters. The van der Waals surface area contributed by atoms with Crippen molar-refractivity contribution in [1.29, 1.82) is 0 Å². The number of benzene rings is 2. The number of fused-ring (bicyclic) bond motifs is 1. The van der Waals surface area contributed by atoms with Crippen molar-refractivity contribution < 1.29 is 14.6 Å². The number of thiazole rings is 1. The standard InChI is InChI=1S/C18H11NO4S/c20-14-6-5-11(8-15(14)21)17-19-13(9-24-17)12-7-10-3-1-2-4-16(10)23-18(12)22/h1-9,20-21H. The number of aromatic nitrogens is 1. The summed E-state index contributed by atoms with van der Waals surface area (Å²) in [5.41, 5.74) is 1.65. The Hall–Kier alpha value is -3.12. The normalized spacial score (nSPS) is 11.0. The molecule has 0 bridgehead atoms. The summed E-state index contributed by atoms with van der Waals surface area (Å²) in [7, 11) is 0. The van der Waals surface area contributed by atoms with Crippen LogP contribution in [0.4, 0.5) is 0 Å². The average molecular weight is 337 g/mol. The predicted octanol–water partition coefficient (Wildman–Crippen LogP) is 3.99. The molecular formula is C18H11NO4S. The molecule has 2 heterocycles. The molecule has 4 rings (SSSR count). The molecule has 2 N–H and O–H groups in total. The summed E-state index contributed by atoms with van der Waals surface area (Å²) in [6.45, 7) is 0. The van der Waals surface area contributed by atoms with Gasteiger partial charge in [0.2, 0.25) is 0 Å². The molecule has 0 unspecified atom stereocenters. The van der Waals surface area contributed by atoms with Crippen LogP contribution in [0.15, 0.2) is 63.1 Å². The van der Waals surface area contributed by atoms with E-state index in [0.717, 1.165) is 5.39 Å². The number of phenolic OH excluding ortho intramolecular Hbond substituents is 2. The number of hydrogen-bond donors (Lipinski definition) is 2. The van der Waals surface area contributed by atoms with Crippen molar-refractivity contribution in [2.24, 2.45) is 0 Å². The van der Waals surface area contributed by atoms with Gasteiger partial charge in [-0.15, -0.1) is 11.3 Å². The highest BCUT2D eigenvalue weighted by Crippen LogP contribution is 2.33. The maximum absolute atomic E-state index is 12.2. The second-order valence-corrected chi connectivity index (χ2v) is 6.08. The monoisotopic (exact) mass is 337 g/mol. The Morgan fingerprint density at radius 3 is 2.67 bits per heavy atom. The van der Waals surface area contributed by atoms with Crippen LogP contribution in [0.2, 0.25) is 0 Å². The van der Waals surface area contributed by atoms with E-state index in [0.29, 0.717) is 27.4 Å². The second kappa shape index (κ2) is 5.50. The Kier molecular flexibility index (Phi) is 3.32. The van der Waals surface area contributed by atoms with Crippen LogP contribution >= 0.6 is 11.3 Å². The van der Waals surface area contributed by atoms with Crippen molar-refractivity contribution in [3.63, 3.8) is 0 Å². The fourth-order valence-corrected chi connectivity index (χ4v) is 3.24. The van der Waals surface area contributed by atoms with Crippen molar-refractivity contribution in [2.45, 2.75) is 0 Å². The Labute approximate surface area is 140 Å². The van der Waals surface area contributed by atoms with Gasteiger partial charge >= 0.3 is 5.63 Å². The van der Waals surface area contributed by atoms with Gasteiger partial charge in [0.1, 0.15) is 10.6 Å². The first-order valence-corrected chi connectivity index (χ1v) is 8.01. The molecule has 5 nitrogen and oxygen atoms in total. The Morgan fingerprint density at radius 2 is 1.83 bits per heavy atom. The first-order valence-electron chi connectivity index (χ1n) is 7.13. The van der Waals surface area contributed by atoms with Gasteiger partial charge in [0.05, 0.1) is 11.3 Å². The van der Waals surface area contributed by atoms with Gasteiger partial charge in [-0.05, 0) is 30.3 Å². The summed E-state index contributed by atoms with van der Waals surface area (Å²) in [6.07, 6.45) is 0. The molecule has 2 aromatic carbocycles. The van der Waals surface area contributed by atoms with Crippen molar-refractivity contribution in [2.75, 3.05) is 0 Å². The largest absolute Gasteiger partial charge is 0.504 e. The van der Waals surface area contributed by atoms with E-state index < -0.39 is 5.63 Å².